The van der Waals surface area contributed by atoms with Crippen LogP contribution in [0, 0.1) is 0 Å². The first kappa shape index (κ1) is 32.4. The minimum absolute atomic E-state index is 0.212. The third kappa shape index (κ3) is 6.91. The Kier molecular flexibility index (Phi) is 9.90. The lowest BCUT2D eigenvalue weighted by atomic mass is 10.0. The fraction of sp³-hybridized carbons (Fsp3) is 0.469. The van der Waals surface area contributed by atoms with E-state index in [1.165, 1.54) is 4.90 Å². The minimum atomic E-state index is -0.842. The number of aliphatic hydroxyl groups is 1. The number of amides is 2. The molecule has 2 atom stereocenters. The Morgan fingerprint density at radius 3 is 2.59 bits per heavy atom. The number of ether oxygens (including phenoxy) is 1. The third-order valence-corrected chi connectivity index (χ3v) is 9.47. The number of hydrogen-bond acceptors (Lipinski definition) is 10. The van der Waals surface area contributed by atoms with E-state index in [1.807, 2.05) is 18.2 Å². The van der Waals surface area contributed by atoms with E-state index in [9.17, 15) is 14.7 Å². The second-order valence-corrected chi connectivity index (χ2v) is 12.8. The van der Waals surface area contributed by atoms with Crippen molar-refractivity contribution in [2.45, 2.75) is 44.4 Å². The maximum atomic E-state index is 13.6. The summed E-state index contributed by atoms with van der Waals surface area (Å²) in [5, 5.41) is 17.2. The Labute approximate surface area is 278 Å². The van der Waals surface area contributed by atoms with Crippen molar-refractivity contribution in [1.29, 1.82) is 0 Å². The van der Waals surface area contributed by atoms with Crippen LogP contribution in [0.2, 0.25) is 10.0 Å². The molecule has 2 aromatic heterocycles. The van der Waals surface area contributed by atoms with Gasteiger partial charge in [-0.05, 0) is 50.6 Å². The van der Waals surface area contributed by atoms with E-state index in [4.69, 9.17) is 32.9 Å². The molecule has 1 aromatic carbocycles. The van der Waals surface area contributed by atoms with E-state index >= 15 is 0 Å². The Bertz CT molecular complexity index is 1600. The van der Waals surface area contributed by atoms with Crippen molar-refractivity contribution >= 4 is 46.8 Å². The van der Waals surface area contributed by atoms with Crippen molar-refractivity contribution in [1.82, 2.24) is 30.1 Å². The fourth-order valence-electron chi connectivity index (χ4n) is 5.98. The van der Waals surface area contributed by atoms with Crippen molar-refractivity contribution in [2.75, 3.05) is 63.3 Å². The van der Waals surface area contributed by atoms with Gasteiger partial charge in [-0.2, -0.15) is 0 Å². The Balaban J connectivity index is 1.15. The average molecular weight is 670 g/mol. The number of carbonyl (C=O) groups is 2. The lowest BCUT2D eigenvalue weighted by molar-refractivity contribution is -0.126. The van der Waals surface area contributed by atoms with Crippen molar-refractivity contribution in [3.8, 4) is 11.3 Å². The fourth-order valence-corrected chi connectivity index (χ4v) is 6.42. The van der Waals surface area contributed by atoms with Crippen LogP contribution in [-0.4, -0.2) is 107 Å². The zero-order chi connectivity index (χ0) is 32.4. The first-order chi connectivity index (χ1) is 22.2. The van der Waals surface area contributed by atoms with Crippen LogP contribution >= 0.6 is 23.2 Å². The van der Waals surface area contributed by atoms with Crippen molar-refractivity contribution in [2.24, 2.45) is 0 Å². The van der Waals surface area contributed by atoms with Gasteiger partial charge in [0.15, 0.2) is 0 Å². The quantitative estimate of drug-likeness (QED) is 0.311. The molecule has 0 aliphatic carbocycles. The summed E-state index contributed by atoms with van der Waals surface area (Å²) in [5.41, 5.74) is 2.85. The number of likely N-dealkylation sites (N-methyl/N-ethyl adjacent to an activating group) is 1. The smallest absolute Gasteiger partial charge is 0.255 e. The number of aromatic nitrogens is 3. The number of fused-ring (bicyclic) bond motifs is 1. The molecule has 12 nitrogen and oxygen atoms in total. The molecule has 3 aromatic rings. The molecule has 0 spiro atoms. The molecule has 0 bridgehead atoms. The highest BCUT2D eigenvalue weighted by molar-refractivity contribution is 6.33. The number of nitrogens with one attached hydrogen (secondary N) is 2. The van der Waals surface area contributed by atoms with Crippen LogP contribution in [0.25, 0.3) is 11.3 Å². The van der Waals surface area contributed by atoms with E-state index in [2.05, 4.69) is 37.4 Å². The number of piperazine rings is 1. The number of anilines is 2. The van der Waals surface area contributed by atoms with Gasteiger partial charge >= 0.3 is 0 Å². The third-order valence-electron chi connectivity index (χ3n) is 8.88. The molecular weight excluding hydrogens is 631 g/mol. The van der Waals surface area contributed by atoms with Crippen LogP contribution in [0.3, 0.4) is 0 Å². The maximum absolute atomic E-state index is 13.6. The van der Waals surface area contributed by atoms with Gasteiger partial charge in [0.1, 0.15) is 11.9 Å². The lowest BCUT2D eigenvalue weighted by Crippen LogP contribution is -2.47. The largest absolute Gasteiger partial charge is 0.394 e. The molecule has 3 aliphatic rings. The predicted octanol–water partition coefficient (Wildman–Crippen LogP) is 3.38. The van der Waals surface area contributed by atoms with Gasteiger partial charge in [-0.15, -0.1) is 0 Å². The molecule has 0 radical (unpaired) electrons. The highest BCUT2D eigenvalue weighted by Gasteiger charge is 2.35. The lowest BCUT2D eigenvalue weighted by Gasteiger charge is -2.33. The number of hydrogen-bond donors (Lipinski definition) is 3. The standard InChI is InChI=1S/C32H38Cl2N8O4/c1-19(30(44)37-26(18-43)29-24(33)5-6-27(38-29)41-11-9-40(2)10-12-41)42-17-21-4-3-20(15-23(21)31(42)45)28-25(34)16-35-32(39-28)36-22-7-13-46-14-8-22/h3-6,15-16,19,22,26,43H,7-14,17-18H2,1-2H3,(H,37,44)(H,35,36,39). The van der Waals surface area contributed by atoms with Crippen molar-refractivity contribution < 1.29 is 19.4 Å². The zero-order valence-corrected chi connectivity index (χ0v) is 27.4. The minimum Gasteiger partial charge on any atom is -0.394 e. The summed E-state index contributed by atoms with van der Waals surface area (Å²) >= 11 is 13.0. The molecule has 2 unspecified atom stereocenters. The predicted molar refractivity (Wildman–Crippen MR) is 176 cm³/mol. The number of halogens is 2. The average Bonchev–Trinajstić information content (AvgIpc) is 3.40. The number of nitrogens with zero attached hydrogens (tertiary/aromatic N) is 6. The molecule has 2 fully saturated rings. The van der Waals surface area contributed by atoms with E-state index in [0.717, 1.165) is 50.4 Å². The van der Waals surface area contributed by atoms with Gasteiger partial charge in [-0.3, -0.25) is 9.59 Å². The van der Waals surface area contributed by atoms with Gasteiger partial charge in [0.05, 0.1) is 40.3 Å². The van der Waals surface area contributed by atoms with Gasteiger partial charge in [-0.1, -0.05) is 35.3 Å². The van der Waals surface area contributed by atoms with Crippen LogP contribution in [0.15, 0.2) is 36.5 Å². The number of pyridine rings is 1. The first-order valence-electron chi connectivity index (χ1n) is 15.5. The molecule has 3 N–H and O–H groups in total. The topological polar surface area (TPSA) is 136 Å². The SMILES string of the molecule is CC(C(=O)NC(CO)c1nc(N2CCN(C)CC2)ccc1Cl)N1Cc2ccc(-c3nc(NC4CCOCC4)ncc3Cl)cc2C1=O. The molecule has 46 heavy (non-hydrogen) atoms. The van der Waals surface area contributed by atoms with Crippen LogP contribution in [0.1, 0.15) is 47.4 Å². The summed E-state index contributed by atoms with van der Waals surface area (Å²) < 4.78 is 5.43. The number of carbonyl (C=O) groups excluding carboxylic acids is 2. The van der Waals surface area contributed by atoms with Crippen LogP contribution in [0.4, 0.5) is 11.8 Å². The molecule has 244 valence electrons. The molecule has 2 saturated heterocycles. The second-order valence-electron chi connectivity index (χ2n) is 12.0. The van der Waals surface area contributed by atoms with E-state index in [0.29, 0.717) is 51.7 Å². The summed E-state index contributed by atoms with van der Waals surface area (Å²) in [5.74, 6) is 0.501. The highest BCUT2D eigenvalue weighted by Crippen LogP contribution is 2.33. The van der Waals surface area contributed by atoms with Crippen LogP contribution in [-0.2, 0) is 16.1 Å². The monoisotopic (exact) mass is 668 g/mol. The molecule has 2 amide bonds. The first-order valence-corrected chi connectivity index (χ1v) is 16.3. The Morgan fingerprint density at radius 2 is 1.85 bits per heavy atom. The van der Waals surface area contributed by atoms with Crippen LogP contribution in [0.5, 0.6) is 0 Å². The summed E-state index contributed by atoms with van der Waals surface area (Å²) in [6.07, 6.45) is 3.28. The number of benzene rings is 1. The molecular formula is C32H38Cl2N8O4. The Morgan fingerprint density at radius 1 is 1.09 bits per heavy atom. The van der Waals surface area contributed by atoms with E-state index < -0.39 is 24.6 Å². The Hall–Kier alpha value is -3.55. The summed E-state index contributed by atoms with van der Waals surface area (Å²) in [6, 6.07) is 7.63. The normalized spacial score (nSPS) is 18.8. The highest BCUT2D eigenvalue weighted by atomic mass is 35.5. The van der Waals surface area contributed by atoms with Crippen LogP contribution < -0.4 is 15.5 Å². The molecule has 14 heteroatoms. The van der Waals surface area contributed by atoms with Gasteiger partial charge in [0, 0.05) is 63.1 Å². The molecule has 3 aliphatic heterocycles. The molecule has 5 heterocycles. The number of rotatable bonds is 9. The van der Waals surface area contributed by atoms with Gasteiger partial charge in [0.25, 0.3) is 5.91 Å². The zero-order valence-electron chi connectivity index (χ0n) is 25.9. The second kappa shape index (κ2) is 14.1. The summed E-state index contributed by atoms with van der Waals surface area (Å²) in [7, 11) is 2.08. The molecule has 0 saturated carbocycles. The van der Waals surface area contributed by atoms with Gasteiger partial charge in [0.2, 0.25) is 11.9 Å². The van der Waals surface area contributed by atoms with Gasteiger partial charge < -0.3 is 35.2 Å². The number of aliphatic hydroxyl groups excluding tert-OH is 1. The van der Waals surface area contributed by atoms with E-state index in [1.54, 1.807) is 25.3 Å². The maximum Gasteiger partial charge on any atom is 0.255 e. The van der Waals surface area contributed by atoms with Gasteiger partial charge in [-0.25, -0.2) is 15.0 Å². The molecule has 6 rings (SSSR count). The van der Waals surface area contributed by atoms with Crippen molar-refractivity contribution in [3.05, 3.63) is 63.4 Å². The summed E-state index contributed by atoms with van der Waals surface area (Å²) in [4.78, 5) is 46.7. The summed E-state index contributed by atoms with van der Waals surface area (Å²) in [6.45, 7) is 6.35. The van der Waals surface area contributed by atoms with E-state index in [-0.39, 0.29) is 18.5 Å². The van der Waals surface area contributed by atoms with Crippen molar-refractivity contribution in [3.63, 3.8) is 0 Å².